The smallest absolute Gasteiger partial charge is 0.416 e. The summed E-state index contributed by atoms with van der Waals surface area (Å²) >= 11 is 3.33. The Morgan fingerprint density at radius 1 is 1.16 bits per heavy atom. The number of esters is 1. The van der Waals surface area contributed by atoms with E-state index in [0.29, 0.717) is 15.6 Å². The lowest BCUT2D eigenvalue weighted by Crippen LogP contribution is -2.15. The zero-order valence-corrected chi connectivity index (χ0v) is 18.1. The second kappa shape index (κ2) is 8.97. The van der Waals surface area contributed by atoms with E-state index in [1.54, 1.807) is 12.1 Å². The average Bonchev–Trinajstić information content (AvgIpc) is 2.74. The van der Waals surface area contributed by atoms with Gasteiger partial charge in [0.1, 0.15) is 23.2 Å². The van der Waals surface area contributed by atoms with Crippen LogP contribution in [0.25, 0.3) is 11.1 Å². The zero-order valence-electron chi connectivity index (χ0n) is 16.5. The van der Waals surface area contributed by atoms with Crippen molar-refractivity contribution in [3.63, 3.8) is 0 Å². The molecule has 0 aliphatic heterocycles. The molecular weight excluding hydrogens is 477 g/mol. The highest BCUT2D eigenvalue weighted by Crippen LogP contribution is 2.38. The van der Waals surface area contributed by atoms with E-state index >= 15 is 0 Å². The minimum absolute atomic E-state index is 0.0557. The van der Waals surface area contributed by atoms with Crippen molar-refractivity contribution in [2.45, 2.75) is 19.2 Å². The number of hydrogen-bond acceptors (Lipinski definition) is 5. The number of nitrogen functional groups attached to an aromatic ring is 1. The van der Waals surface area contributed by atoms with Crippen LogP contribution in [0.1, 0.15) is 34.5 Å². The lowest BCUT2D eigenvalue weighted by atomic mass is 10.0. The molecule has 0 fully saturated rings. The summed E-state index contributed by atoms with van der Waals surface area (Å²) < 4.78 is 51.6. The van der Waals surface area contributed by atoms with Crippen molar-refractivity contribution in [2.75, 3.05) is 12.8 Å². The fourth-order valence-corrected chi connectivity index (χ4v) is 3.44. The van der Waals surface area contributed by atoms with Crippen molar-refractivity contribution in [3.05, 3.63) is 75.9 Å². The summed E-state index contributed by atoms with van der Waals surface area (Å²) in [5.41, 5.74) is 6.32. The Labute approximate surface area is 185 Å². The summed E-state index contributed by atoms with van der Waals surface area (Å²) in [6.45, 7) is 1.48. The molecule has 1 atom stereocenters. The van der Waals surface area contributed by atoms with Crippen molar-refractivity contribution in [2.24, 2.45) is 0 Å². The van der Waals surface area contributed by atoms with Gasteiger partial charge in [0, 0.05) is 21.8 Å². The van der Waals surface area contributed by atoms with E-state index in [1.165, 1.54) is 50.6 Å². The molecule has 1 aromatic heterocycles. The minimum atomic E-state index is -4.54. The number of carbonyl (C=O) groups is 1. The highest BCUT2D eigenvalue weighted by Gasteiger charge is 2.34. The van der Waals surface area contributed by atoms with Crippen LogP contribution in [0.4, 0.5) is 19.0 Å². The molecule has 0 saturated heterocycles. The SMILES string of the molecule is COC(=O)c1ccc(-c2cc(Br)cnc2N)cc1O[C@H](C)c1ccccc1C(F)(F)F. The Balaban J connectivity index is 2.07. The van der Waals surface area contributed by atoms with Crippen molar-refractivity contribution in [1.82, 2.24) is 4.98 Å². The summed E-state index contributed by atoms with van der Waals surface area (Å²) in [5, 5.41) is 0. The molecule has 0 unspecified atom stereocenters. The molecule has 0 bridgehead atoms. The number of aromatic nitrogens is 1. The van der Waals surface area contributed by atoms with Crippen molar-refractivity contribution in [3.8, 4) is 16.9 Å². The van der Waals surface area contributed by atoms with E-state index in [-0.39, 0.29) is 22.7 Å². The van der Waals surface area contributed by atoms with Gasteiger partial charge >= 0.3 is 12.1 Å². The Hall–Kier alpha value is -3.07. The van der Waals surface area contributed by atoms with Gasteiger partial charge in [-0.15, -0.1) is 0 Å². The molecule has 0 aliphatic rings. The number of anilines is 1. The number of pyridine rings is 1. The van der Waals surface area contributed by atoms with Crippen LogP contribution in [0, 0.1) is 0 Å². The van der Waals surface area contributed by atoms with Crippen molar-refractivity contribution in [1.29, 1.82) is 0 Å². The number of rotatable bonds is 5. The van der Waals surface area contributed by atoms with Crippen LogP contribution in [-0.2, 0) is 10.9 Å². The first-order valence-corrected chi connectivity index (χ1v) is 9.87. The van der Waals surface area contributed by atoms with Gasteiger partial charge in [-0.3, -0.25) is 0 Å². The summed E-state index contributed by atoms with van der Waals surface area (Å²) in [6, 6.07) is 11.5. The Morgan fingerprint density at radius 2 is 1.87 bits per heavy atom. The van der Waals surface area contributed by atoms with Crippen molar-refractivity contribution >= 4 is 27.7 Å². The molecule has 0 radical (unpaired) electrons. The summed E-state index contributed by atoms with van der Waals surface area (Å²) in [7, 11) is 1.21. The molecule has 3 rings (SSSR count). The number of alkyl halides is 3. The topological polar surface area (TPSA) is 74.4 Å². The van der Waals surface area contributed by atoms with Gasteiger partial charge in [-0.1, -0.05) is 24.3 Å². The fourth-order valence-electron chi connectivity index (χ4n) is 3.11. The molecule has 162 valence electrons. The van der Waals surface area contributed by atoms with Crippen LogP contribution in [0.2, 0.25) is 0 Å². The van der Waals surface area contributed by atoms with E-state index < -0.39 is 23.8 Å². The molecule has 0 aliphatic carbocycles. The monoisotopic (exact) mass is 494 g/mol. The lowest BCUT2D eigenvalue weighted by molar-refractivity contribution is -0.139. The number of hydrogen-bond donors (Lipinski definition) is 1. The second-order valence-corrected chi connectivity index (χ2v) is 7.55. The van der Waals surface area contributed by atoms with E-state index in [4.69, 9.17) is 15.2 Å². The van der Waals surface area contributed by atoms with Gasteiger partial charge in [0.2, 0.25) is 0 Å². The van der Waals surface area contributed by atoms with Crippen LogP contribution in [0.15, 0.2) is 59.2 Å². The molecule has 2 N–H and O–H groups in total. The number of nitrogens with two attached hydrogens (primary N) is 1. The van der Waals surface area contributed by atoms with Crippen LogP contribution in [0.5, 0.6) is 5.75 Å². The number of benzene rings is 2. The molecule has 1 heterocycles. The third-order valence-electron chi connectivity index (χ3n) is 4.59. The number of ether oxygens (including phenoxy) is 2. The third kappa shape index (κ3) is 4.99. The number of nitrogens with zero attached hydrogens (tertiary/aromatic N) is 1. The van der Waals surface area contributed by atoms with Gasteiger partial charge in [-0.05, 0) is 52.7 Å². The molecule has 0 saturated carbocycles. The van der Waals surface area contributed by atoms with Crippen LogP contribution in [0.3, 0.4) is 0 Å². The maximum absolute atomic E-state index is 13.4. The van der Waals surface area contributed by atoms with Crippen LogP contribution >= 0.6 is 15.9 Å². The van der Waals surface area contributed by atoms with E-state index in [0.717, 1.165) is 6.07 Å². The number of halogens is 4. The van der Waals surface area contributed by atoms with E-state index in [9.17, 15) is 18.0 Å². The molecule has 0 amide bonds. The third-order valence-corrected chi connectivity index (χ3v) is 5.02. The first-order chi connectivity index (χ1) is 14.6. The van der Waals surface area contributed by atoms with Gasteiger partial charge < -0.3 is 15.2 Å². The Kier molecular flexibility index (Phi) is 6.54. The molecular formula is C22H18BrF3N2O3. The normalized spacial score (nSPS) is 12.3. The second-order valence-electron chi connectivity index (χ2n) is 6.63. The molecule has 31 heavy (non-hydrogen) atoms. The fraction of sp³-hybridized carbons (Fsp3) is 0.182. The zero-order chi connectivity index (χ0) is 22.8. The van der Waals surface area contributed by atoms with Gasteiger partial charge in [0.25, 0.3) is 0 Å². The molecule has 5 nitrogen and oxygen atoms in total. The molecule has 0 spiro atoms. The van der Waals surface area contributed by atoms with Gasteiger partial charge in [-0.25, -0.2) is 9.78 Å². The average molecular weight is 495 g/mol. The van der Waals surface area contributed by atoms with E-state index in [2.05, 4.69) is 20.9 Å². The lowest BCUT2D eigenvalue weighted by Gasteiger charge is -2.21. The summed E-state index contributed by atoms with van der Waals surface area (Å²) in [6.07, 6.45) is -4.01. The summed E-state index contributed by atoms with van der Waals surface area (Å²) in [4.78, 5) is 16.3. The number of carbonyl (C=O) groups excluding carboxylic acids is 1. The highest BCUT2D eigenvalue weighted by molar-refractivity contribution is 9.10. The first-order valence-electron chi connectivity index (χ1n) is 9.08. The predicted molar refractivity (Wildman–Crippen MR) is 114 cm³/mol. The minimum Gasteiger partial charge on any atom is -0.485 e. The van der Waals surface area contributed by atoms with Gasteiger partial charge in [0.15, 0.2) is 0 Å². The molecule has 2 aromatic carbocycles. The Bertz CT molecular complexity index is 1120. The maximum Gasteiger partial charge on any atom is 0.416 e. The van der Waals surface area contributed by atoms with Crippen molar-refractivity contribution < 1.29 is 27.4 Å². The molecule has 3 aromatic rings. The maximum atomic E-state index is 13.4. The van der Waals surface area contributed by atoms with Crippen LogP contribution < -0.4 is 10.5 Å². The standard InChI is InChI=1S/C22H18BrF3N2O3/c1-12(15-5-3-4-6-18(15)22(24,25)26)31-19-9-13(7-8-16(19)21(29)30-2)17-10-14(23)11-28-20(17)27/h3-12H,1-2H3,(H2,27,28)/t12-/m1/s1. The number of methoxy groups -OCH3 is 1. The summed E-state index contributed by atoms with van der Waals surface area (Å²) in [5.74, 6) is -0.373. The molecule has 9 heteroatoms. The van der Waals surface area contributed by atoms with E-state index in [1.807, 2.05) is 0 Å². The highest BCUT2D eigenvalue weighted by atomic mass is 79.9. The Morgan fingerprint density at radius 3 is 2.55 bits per heavy atom. The van der Waals surface area contributed by atoms with Crippen LogP contribution in [-0.4, -0.2) is 18.1 Å². The quantitative estimate of drug-likeness (QED) is 0.437. The van der Waals surface area contributed by atoms with Gasteiger partial charge in [0.05, 0.1) is 12.7 Å². The first kappa shape index (κ1) is 22.6. The largest absolute Gasteiger partial charge is 0.485 e. The predicted octanol–water partition coefficient (Wildman–Crippen LogP) is 6.04. The van der Waals surface area contributed by atoms with Gasteiger partial charge in [-0.2, -0.15) is 13.2 Å².